The Bertz CT molecular complexity index is 685. The van der Waals surface area contributed by atoms with Crippen molar-refractivity contribution >= 4 is 6.03 Å². The van der Waals surface area contributed by atoms with Crippen molar-refractivity contribution in [1.82, 2.24) is 20.0 Å². The number of likely N-dealkylation sites (tertiary alicyclic amines) is 1. The van der Waals surface area contributed by atoms with Gasteiger partial charge in [0.15, 0.2) is 0 Å². The summed E-state index contributed by atoms with van der Waals surface area (Å²) in [6.07, 6.45) is 6.26. The van der Waals surface area contributed by atoms with Crippen LogP contribution >= 0.6 is 0 Å². The molecule has 0 bridgehead atoms. The first-order valence-electron chi connectivity index (χ1n) is 7.88. The van der Waals surface area contributed by atoms with E-state index in [1.807, 2.05) is 24.2 Å². The minimum Gasteiger partial charge on any atom is -0.334 e. The van der Waals surface area contributed by atoms with Crippen molar-refractivity contribution in [2.75, 3.05) is 6.54 Å². The minimum atomic E-state index is -0.229. The lowest BCUT2D eigenvalue weighted by Crippen LogP contribution is -2.43. The standard InChI is InChI=1S/C17H21FN4O/c1-21-12-14(11-20-21)10-19-17(23)22-7-3-6-16(22)9-13-4-2-5-15(18)8-13/h2,4-5,8,11-12,16H,3,6-7,9-10H2,1H3,(H,19,23)/t16-/m0/s1. The largest absolute Gasteiger partial charge is 0.334 e. The number of carbonyl (C=O) groups excluding carboxylic acids is 1. The van der Waals surface area contributed by atoms with E-state index >= 15 is 0 Å². The Balaban J connectivity index is 1.58. The quantitative estimate of drug-likeness (QED) is 0.942. The number of nitrogens with zero attached hydrogens (tertiary/aromatic N) is 3. The van der Waals surface area contributed by atoms with Gasteiger partial charge in [0.2, 0.25) is 0 Å². The van der Waals surface area contributed by atoms with E-state index in [1.54, 1.807) is 23.0 Å². The Labute approximate surface area is 135 Å². The highest BCUT2D eigenvalue weighted by Gasteiger charge is 2.28. The number of halogens is 1. The number of aryl methyl sites for hydroxylation is 1. The molecular weight excluding hydrogens is 295 g/mol. The van der Waals surface area contributed by atoms with Crippen molar-refractivity contribution in [3.05, 3.63) is 53.6 Å². The normalized spacial score (nSPS) is 17.5. The number of hydrogen-bond acceptors (Lipinski definition) is 2. The maximum atomic E-state index is 13.3. The first-order chi connectivity index (χ1) is 11.1. The molecule has 1 aliphatic rings. The van der Waals surface area contributed by atoms with Gasteiger partial charge >= 0.3 is 6.03 Å². The summed E-state index contributed by atoms with van der Waals surface area (Å²) in [6, 6.07) is 6.68. The Morgan fingerprint density at radius 1 is 1.43 bits per heavy atom. The molecule has 0 unspecified atom stereocenters. The van der Waals surface area contributed by atoms with Crippen LogP contribution < -0.4 is 5.32 Å². The first kappa shape index (κ1) is 15.5. The van der Waals surface area contributed by atoms with Gasteiger partial charge in [-0.05, 0) is 37.0 Å². The zero-order valence-corrected chi connectivity index (χ0v) is 13.2. The lowest BCUT2D eigenvalue weighted by atomic mass is 10.0. The topological polar surface area (TPSA) is 50.2 Å². The van der Waals surface area contributed by atoms with Gasteiger partial charge in [-0.15, -0.1) is 0 Å². The molecule has 0 saturated carbocycles. The predicted molar refractivity (Wildman–Crippen MR) is 85.3 cm³/mol. The van der Waals surface area contributed by atoms with Crippen LogP contribution in [0.5, 0.6) is 0 Å². The maximum Gasteiger partial charge on any atom is 0.317 e. The third-order valence-electron chi connectivity index (χ3n) is 4.20. The van der Waals surface area contributed by atoms with Crippen LogP contribution in [0.3, 0.4) is 0 Å². The lowest BCUT2D eigenvalue weighted by Gasteiger charge is -2.25. The zero-order valence-electron chi connectivity index (χ0n) is 13.2. The smallest absolute Gasteiger partial charge is 0.317 e. The maximum absolute atomic E-state index is 13.3. The van der Waals surface area contributed by atoms with E-state index in [0.29, 0.717) is 13.0 Å². The van der Waals surface area contributed by atoms with Crippen LogP contribution in [0.4, 0.5) is 9.18 Å². The molecule has 2 amide bonds. The molecule has 6 heteroatoms. The van der Waals surface area contributed by atoms with E-state index in [0.717, 1.165) is 30.5 Å². The summed E-state index contributed by atoms with van der Waals surface area (Å²) < 4.78 is 15.0. The SMILES string of the molecule is Cn1cc(CNC(=O)N2CCC[C@H]2Cc2cccc(F)c2)cn1. The summed E-state index contributed by atoms with van der Waals surface area (Å²) in [5.74, 6) is -0.229. The van der Waals surface area contributed by atoms with E-state index in [1.165, 1.54) is 6.07 Å². The van der Waals surface area contributed by atoms with E-state index in [-0.39, 0.29) is 17.9 Å². The molecule has 2 heterocycles. The first-order valence-corrected chi connectivity index (χ1v) is 7.88. The molecule has 122 valence electrons. The second-order valence-electron chi connectivity index (χ2n) is 6.00. The average Bonchev–Trinajstić information content (AvgIpc) is 3.14. The molecule has 2 aromatic rings. The molecule has 1 aliphatic heterocycles. The van der Waals surface area contributed by atoms with Crippen molar-refractivity contribution in [1.29, 1.82) is 0 Å². The molecule has 0 spiro atoms. The number of rotatable bonds is 4. The van der Waals surface area contributed by atoms with Gasteiger partial charge in [-0.1, -0.05) is 12.1 Å². The van der Waals surface area contributed by atoms with Gasteiger partial charge in [-0.3, -0.25) is 4.68 Å². The van der Waals surface area contributed by atoms with Gasteiger partial charge in [0.05, 0.1) is 6.20 Å². The fourth-order valence-corrected chi connectivity index (χ4v) is 3.09. The Morgan fingerprint density at radius 3 is 3.04 bits per heavy atom. The summed E-state index contributed by atoms with van der Waals surface area (Å²) in [6.45, 7) is 1.22. The Morgan fingerprint density at radius 2 is 2.30 bits per heavy atom. The average molecular weight is 316 g/mol. The molecule has 1 aromatic carbocycles. The van der Waals surface area contributed by atoms with Crippen molar-refractivity contribution in [3.63, 3.8) is 0 Å². The van der Waals surface area contributed by atoms with E-state index in [4.69, 9.17) is 0 Å². The zero-order chi connectivity index (χ0) is 16.2. The third-order valence-corrected chi connectivity index (χ3v) is 4.20. The van der Waals surface area contributed by atoms with Crippen molar-refractivity contribution < 1.29 is 9.18 Å². The number of benzene rings is 1. The van der Waals surface area contributed by atoms with Gasteiger partial charge < -0.3 is 10.2 Å². The predicted octanol–water partition coefficient (Wildman–Crippen LogP) is 2.48. The van der Waals surface area contributed by atoms with Crippen LogP contribution in [-0.4, -0.2) is 33.3 Å². The molecule has 0 radical (unpaired) electrons. The molecule has 1 saturated heterocycles. The van der Waals surface area contributed by atoms with Crippen LogP contribution in [0.25, 0.3) is 0 Å². The highest BCUT2D eigenvalue weighted by atomic mass is 19.1. The van der Waals surface area contributed by atoms with Crippen LogP contribution in [0.1, 0.15) is 24.0 Å². The summed E-state index contributed by atoms with van der Waals surface area (Å²) in [5.41, 5.74) is 1.91. The second-order valence-corrected chi connectivity index (χ2v) is 6.00. The number of carbonyl (C=O) groups is 1. The van der Waals surface area contributed by atoms with Crippen molar-refractivity contribution in [2.24, 2.45) is 7.05 Å². The molecule has 1 fully saturated rings. The number of hydrogen-bond donors (Lipinski definition) is 1. The van der Waals surface area contributed by atoms with Gasteiger partial charge in [-0.2, -0.15) is 5.10 Å². The molecule has 1 N–H and O–H groups in total. The summed E-state index contributed by atoms with van der Waals surface area (Å²) in [5, 5.41) is 7.03. The molecule has 1 aromatic heterocycles. The molecule has 1 atom stereocenters. The van der Waals surface area contributed by atoms with Crippen LogP contribution in [-0.2, 0) is 20.0 Å². The molecule has 23 heavy (non-hydrogen) atoms. The van der Waals surface area contributed by atoms with Gasteiger partial charge in [0.1, 0.15) is 5.82 Å². The van der Waals surface area contributed by atoms with E-state index in [9.17, 15) is 9.18 Å². The van der Waals surface area contributed by atoms with Gasteiger partial charge in [0, 0.05) is 37.9 Å². The number of amides is 2. The highest BCUT2D eigenvalue weighted by Crippen LogP contribution is 2.21. The van der Waals surface area contributed by atoms with Crippen LogP contribution in [0, 0.1) is 5.82 Å². The molecule has 5 nitrogen and oxygen atoms in total. The van der Waals surface area contributed by atoms with Gasteiger partial charge in [0.25, 0.3) is 0 Å². The fraction of sp³-hybridized carbons (Fsp3) is 0.412. The van der Waals surface area contributed by atoms with Crippen LogP contribution in [0.15, 0.2) is 36.7 Å². The van der Waals surface area contributed by atoms with Crippen molar-refractivity contribution in [2.45, 2.75) is 31.8 Å². The Kier molecular flexibility index (Phi) is 4.60. The van der Waals surface area contributed by atoms with Crippen LogP contribution in [0.2, 0.25) is 0 Å². The third kappa shape index (κ3) is 3.88. The molecule has 3 rings (SSSR count). The van der Waals surface area contributed by atoms with Crippen molar-refractivity contribution in [3.8, 4) is 0 Å². The second kappa shape index (κ2) is 6.81. The summed E-state index contributed by atoms with van der Waals surface area (Å²) in [7, 11) is 1.85. The minimum absolute atomic E-state index is 0.0623. The van der Waals surface area contributed by atoms with Gasteiger partial charge in [-0.25, -0.2) is 9.18 Å². The summed E-state index contributed by atoms with van der Waals surface area (Å²) in [4.78, 5) is 14.3. The Hall–Kier alpha value is -2.37. The van der Waals surface area contributed by atoms with E-state index in [2.05, 4.69) is 10.4 Å². The van der Waals surface area contributed by atoms with E-state index < -0.39 is 0 Å². The highest BCUT2D eigenvalue weighted by molar-refractivity contribution is 5.74. The summed E-state index contributed by atoms with van der Waals surface area (Å²) >= 11 is 0. The lowest BCUT2D eigenvalue weighted by molar-refractivity contribution is 0.192. The number of aromatic nitrogens is 2. The molecule has 0 aliphatic carbocycles. The monoisotopic (exact) mass is 316 g/mol. The molecular formula is C17H21FN4O. The fourth-order valence-electron chi connectivity index (χ4n) is 3.09. The number of nitrogens with one attached hydrogen (secondary N) is 1. The number of urea groups is 1.